The van der Waals surface area contributed by atoms with Gasteiger partial charge in [-0.3, -0.25) is 14.5 Å². The van der Waals surface area contributed by atoms with Crippen LogP contribution < -0.4 is 5.32 Å². The van der Waals surface area contributed by atoms with Crippen molar-refractivity contribution < 1.29 is 14.0 Å². The summed E-state index contributed by atoms with van der Waals surface area (Å²) in [5, 5.41) is 2.60. The normalized spacial score (nSPS) is 17.5. The number of piperidine rings is 1. The standard InChI is InChI=1S/C21H33FN4O2/c1-17(27)23-13-21(28)26(12-11-24(2)3)15-18-7-6-10-25(14-18)16-19-8-4-5-9-20(19)22/h4-5,8-9,18H,6-7,10-16H2,1-3H3,(H,23,27)/t18-/m1/s1. The maximum absolute atomic E-state index is 14.0. The van der Waals surface area contributed by atoms with Crippen molar-refractivity contribution in [1.82, 2.24) is 20.0 Å². The van der Waals surface area contributed by atoms with E-state index in [1.165, 1.54) is 13.0 Å². The molecular weight excluding hydrogens is 359 g/mol. The molecule has 1 fully saturated rings. The highest BCUT2D eigenvalue weighted by molar-refractivity contribution is 5.83. The molecule has 1 aromatic rings. The zero-order chi connectivity index (χ0) is 20.5. The number of rotatable bonds is 9. The summed E-state index contributed by atoms with van der Waals surface area (Å²) in [7, 11) is 3.96. The second-order valence-corrected chi connectivity index (χ2v) is 7.89. The van der Waals surface area contributed by atoms with Crippen LogP contribution in [0.15, 0.2) is 24.3 Å². The van der Waals surface area contributed by atoms with E-state index in [-0.39, 0.29) is 24.2 Å². The molecule has 156 valence electrons. The van der Waals surface area contributed by atoms with Crippen LogP contribution in [-0.2, 0) is 16.1 Å². The molecule has 1 atom stereocenters. The number of carbonyl (C=O) groups excluding carboxylic acids is 2. The molecule has 1 aliphatic rings. The minimum absolute atomic E-state index is 0.0361. The SMILES string of the molecule is CC(=O)NCC(=O)N(CCN(C)C)C[C@@H]1CCCN(Cc2ccccc2F)C1. The number of likely N-dealkylation sites (tertiary alicyclic amines) is 1. The minimum Gasteiger partial charge on any atom is -0.347 e. The number of nitrogens with zero attached hydrogens (tertiary/aromatic N) is 3. The summed E-state index contributed by atoms with van der Waals surface area (Å²) in [4.78, 5) is 29.9. The van der Waals surface area contributed by atoms with Crippen LogP contribution in [0.4, 0.5) is 4.39 Å². The molecule has 0 bridgehead atoms. The molecule has 7 heteroatoms. The van der Waals surface area contributed by atoms with E-state index < -0.39 is 0 Å². The largest absolute Gasteiger partial charge is 0.347 e. The van der Waals surface area contributed by atoms with E-state index in [1.807, 2.05) is 36.0 Å². The van der Waals surface area contributed by atoms with Gasteiger partial charge in [-0.05, 0) is 45.5 Å². The van der Waals surface area contributed by atoms with Gasteiger partial charge < -0.3 is 15.1 Å². The molecule has 0 aromatic heterocycles. The molecule has 1 saturated heterocycles. The van der Waals surface area contributed by atoms with E-state index in [1.54, 1.807) is 6.07 Å². The summed E-state index contributed by atoms with van der Waals surface area (Å²) >= 11 is 0. The van der Waals surface area contributed by atoms with E-state index in [4.69, 9.17) is 0 Å². The second kappa shape index (κ2) is 11.1. The Hall–Kier alpha value is -1.99. The van der Waals surface area contributed by atoms with Gasteiger partial charge in [-0.1, -0.05) is 18.2 Å². The Kier molecular flexibility index (Phi) is 8.86. The number of carbonyl (C=O) groups is 2. The molecular formula is C21H33FN4O2. The smallest absolute Gasteiger partial charge is 0.242 e. The molecule has 2 amide bonds. The topological polar surface area (TPSA) is 55.9 Å². The van der Waals surface area contributed by atoms with Crippen molar-refractivity contribution in [2.45, 2.75) is 26.3 Å². The Morgan fingerprint density at radius 1 is 1.25 bits per heavy atom. The van der Waals surface area contributed by atoms with Crippen LogP contribution in [-0.4, -0.2) is 79.9 Å². The Balaban J connectivity index is 1.94. The minimum atomic E-state index is -0.199. The van der Waals surface area contributed by atoms with Crippen molar-refractivity contribution in [3.8, 4) is 0 Å². The molecule has 0 unspecified atom stereocenters. The first-order chi connectivity index (χ1) is 13.3. The Bertz CT molecular complexity index is 653. The van der Waals surface area contributed by atoms with Gasteiger partial charge in [0, 0.05) is 45.2 Å². The van der Waals surface area contributed by atoms with Gasteiger partial charge in [0.15, 0.2) is 0 Å². The monoisotopic (exact) mass is 392 g/mol. The fraction of sp³-hybridized carbons (Fsp3) is 0.619. The van der Waals surface area contributed by atoms with Crippen LogP contribution in [0.25, 0.3) is 0 Å². The van der Waals surface area contributed by atoms with Gasteiger partial charge in [0.2, 0.25) is 11.8 Å². The number of hydrogen-bond acceptors (Lipinski definition) is 4. The van der Waals surface area contributed by atoms with Gasteiger partial charge in [-0.2, -0.15) is 0 Å². The zero-order valence-corrected chi connectivity index (χ0v) is 17.3. The van der Waals surface area contributed by atoms with Crippen LogP contribution in [0.5, 0.6) is 0 Å². The molecule has 1 heterocycles. The van der Waals surface area contributed by atoms with E-state index in [0.717, 1.165) is 32.5 Å². The first-order valence-corrected chi connectivity index (χ1v) is 9.98. The van der Waals surface area contributed by atoms with Gasteiger partial charge in [-0.25, -0.2) is 4.39 Å². The van der Waals surface area contributed by atoms with Crippen molar-refractivity contribution in [1.29, 1.82) is 0 Å². The maximum atomic E-state index is 14.0. The first-order valence-electron chi connectivity index (χ1n) is 9.98. The van der Waals surface area contributed by atoms with Crippen molar-refractivity contribution in [2.75, 3.05) is 53.4 Å². The lowest BCUT2D eigenvalue weighted by molar-refractivity contribution is -0.133. The van der Waals surface area contributed by atoms with Crippen molar-refractivity contribution in [3.63, 3.8) is 0 Å². The van der Waals surface area contributed by atoms with Gasteiger partial charge in [0.1, 0.15) is 5.82 Å². The molecule has 0 radical (unpaired) electrons. The molecule has 0 spiro atoms. The number of hydrogen-bond donors (Lipinski definition) is 1. The highest BCUT2D eigenvalue weighted by Gasteiger charge is 2.25. The Labute approximate surface area is 167 Å². The predicted octanol–water partition coefficient (Wildman–Crippen LogP) is 1.56. The summed E-state index contributed by atoms with van der Waals surface area (Å²) in [6, 6.07) is 6.91. The lowest BCUT2D eigenvalue weighted by atomic mass is 9.96. The maximum Gasteiger partial charge on any atom is 0.242 e. The molecule has 1 aromatic carbocycles. The summed E-state index contributed by atoms with van der Waals surface area (Å²) < 4.78 is 14.0. The average Bonchev–Trinajstić information content (AvgIpc) is 2.65. The fourth-order valence-electron chi connectivity index (χ4n) is 3.57. The van der Waals surface area contributed by atoms with Gasteiger partial charge in [-0.15, -0.1) is 0 Å². The summed E-state index contributed by atoms with van der Waals surface area (Å²) in [6.07, 6.45) is 2.10. The molecule has 28 heavy (non-hydrogen) atoms. The van der Waals surface area contributed by atoms with Gasteiger partial charge in [0.05, 0.1) is 6.54 Å². The van der Waals surface area contributed by atoms with E-state index in [2.05, 4.69) is 10.2 Å². The number of amides is 2. The number of benzene rings is 1. The number of halogens is 1. The average molecular weight is 393 g/mol. The Morgan fingerprint density at radius 3 is 2.68 bits per heavy atom. The molecule has 0 saturated carbocycles. The van der Waals surface area contributed by atoms with Crippen molar-refractivity contribution >= 4 is 11.8 Å². The van der Waals surface area contributed by atoms with Crippen molar-refractivity contribution in [3.05, 3.63) is 35.6 Å². The summed E-state index contributed by atoms with van der Waals surface area (Å²) in [5.41, 5.74) is 0.717. The first kappa shape index (κ1) is 22.3. The van der Waals surface area contributed by atoms with Crippen LogP contribution in [0.2, 0.25) is 0 Å². The number of nitrogens with one attached hydrogen (secondary N) is 1. The fourth-order valence-corrected chi connectivity index (χ4v) is 3.57. The third-order valence-electron chi connectivity index (χ3n) is 5.09. The zero-order valence-electron chi connectivity index (χ0n) is 17.3. The summed E-state index contributed by atoms with van der Waals surface area (Å²) in [5.74, 6) is -0.0652. The highest BCUT2D eigenvalue weighted by Crippen LogP contribution is 2.20. The van der Waals surface area contributed by atoms with E-state index >= 15 is 0 Å². The second-order valence-electron chi connectivity index (χ2n) is 7.89. The van der Waals surface area contributed by atoms with Gasteiger partial charge in [0.25, 0.3) is 0 Å². The molecule has 0 aliphatic carbocycles. The highest BCUT2D eigenvalue weighted by atomic mass is 19.1. The van der Waals surface area contributed by atoms with Crippen LogP contribution in [0, 0.1) is 11.7 Å². The van der Waals surface area contributed by atoms with Crippen molar-refractivity contribution in [2.24, 2.45) is 5.92 Å². The van der Waals surface area contributed by atoms with E-state index in [9.17, 15) is 14.0 Å². The molecule has 2 rings (SSSR count). The Morgan fingerprint density at radius 2 is 2.00 bits per heavy atom. The third-order valence-corrected chi connectivity index (χ3v) is 5.09. The molecule has 6 nitrogen and oxygen atoms in total. The summed E-state index contributed by atoms with van der Waals surface area (Å²) in [6.45, 7) is 5.92. The predicted molar refractivity (Wildman–Crippen MR) is 108 cm³/mol. The van der Waals surface area contributed by atoms with Gasteiger partial charge >= 0.3 is 0 Å². The van der Waals surface area contributed by atoms with Crippen LogP contribution in [0.1, 0.15) is 25.3 Å². The molecule has 1 N–H and O–H groups in total. The number of likely N-dealkylation sites (N-methyl/N-ethyl adjacent to an activating group) is 1. The lowest BCUT2D eigenvalue weighted by Gasteiger charge is -2.36. The molecule has 1 aliphatic heterocycles. The quantitative estimate of drug-likeness (QED) is 0.693. The van der Waals surface area contributed by atoms with Crippen LogP contribution >= 0.6 is 0 Å². The van der Waals surface area contributed by atoms with Crippen LogP contribution in [0.3, 0.4) is 0 Å². The third kappa shape index (κ3) is 7.56. The lowest BCUT2D eigenvalue weighted by Crippen LogP contribution is -2.47. The van der Waals surface area contributed by atoms with E-state index in [0.29, 0.717) is 31.1 Å².